The molecule has 0 bridgehead atoms. The van der Waals surface area contributed by atoms with Crippen molar-refractivity contribution >= 4 is 23.6 Å². The first-order valence-electron chi connectivity index (χ1n) is 5.75. The number of carbonyl (C=O) groups excluding carboxylic acids is 1. The lowest BCUT2D eigenvalue weighted by molar-refractivity contribution is -0.153. The third kappa shape index (κ3) is 2.42. The molecule has 0 aromatic heterocycles. The molecule has 17 heavy (non-hydrogen) atoms. The molecule has 2 fully saturated rings. The second-order valence-corrected chi connectivity index (χ2v) is 5.69. The minimum absolute atomic E-state index is 0.0289. The Labute approximate surface area is 104 Å². The Balaban J connectivity index is 2.16. The van der Waals surface area contributed by atoms with Gasteiger partial charge in [0.15, 0.2) is 0 Å². The van der Waals surface area contributed by atoms with E-state index >= 15 is 0 Å². The fraction of sp³-hybridized carbons (Fsp3) is 0.818. The summed E-state index contributed by atoms with van der Waals surface area (Å²) in [4.78, 5) is 24.9. The topological polar surface area (TPSA) is 66.8 Å². The first-order chi connectivity index (χ1) is 8.06. The van der Waals surface area contributed by atoms with Gasteiger partial charge in [-0.25, -0.2) is 4.79 Å². The van der Waals surface area contributed by atoms with Crippen LogP contribution in [0.15, 0.2) is 0 Å². The first-order valence-corrected chi connectivity index (χ1v) is 6.80. The molecule has 0 radical (unpaired) electrons. The van der Waals surface area contributed by atoms with Gasteiger partial charge in [0, 0.05) is 12.9 Å². The van der Waals surface area contributed by atoms with Crippen LogP contribution in [0, 0.1) is 5.92 Å². The lowest BCUT2D eigenvalue weighted by Gasteiger charge is -2.29. The Kier molecular flexibility index (Phi) is 3.63. The van der Waals surface area contributed by atoms with E-state index in [4.69, 9.17) is 9.84 Å². The van der Waals surface area contributed by atoms with Gasteiger partial charge in [0.1, 0.15) is 12.1 Å². The molecule has 2 aliphatic rings. The number of carboxylic acid groups (broad SMARTS) is 1. The highest BCUT2D eigenvalue weighted by atomic mass is 32.2. The Hall–Kier alpha value is -0.750. The van der Waals surface area contributed by atoms with Gasteiger partial charge in [-0.15, -0.1) is 11.8 Å². The number of nitrogens with zero attached hydrogens (tertiary/aromatic N) is 1. The Morgan fingerprint density at radius 3 is 2.59 bits per heavy atom. The molecule has 1 aliphatic heterocycles. The zero-order valence-corrected chi connectivity index (χ0v) is 10.8. The number of hydrogen-bond acceptors (Lipinski definition) is 4. The van der Waals surface area contributed by atoms with Crippen molar-refractivity contribution in [3.05, 3.63) is 0 Å². The average Bonchev–Trinajstić information content (AvgIpc) is 3.05. The Bertz CT molecular complexity index is 331. The number of carboxylic acids is 1. The van der Waals surface area contributed by atoms with Crippen LogP contribution in [0.3, 0.4) is 0 Å². The van der Waals surface area contributed by atoms with Crippen molar-refractivity contribution in [2.24, 2.45) is 5.92 Å². The van der Waals surface area contributed by atoms with Crippen molar-refractivity contribution < 1.29 is 19.4 Å². The van der Waals surface area contributed by atoms with Crippen LogP contribution in [-0.2, 0) is 14.3 Å². The molecule has 3 atom stereocenters. The lowest BCUT2D eigenvalue weighted by atomic mass is 10.2. The molecule has 0 aromatic rings. The molecule has 1 saturated carbocycles. The smallest absolute Gasteiger partial charge is 0.327 e. The summed E-state index contributed by atoms with van der Waals surface area (Å²) < 4.78 is 5.01. The van der Waals surface area contributed by atoms with E-state index in [2.05, 4.69) is 0 Å². The van der Waals surface area contributed by atoms with E-state index in [1.165, 1.54) is 12.0 Å². The van der Waals surface area contributed by atoms with E-state index in [9.17, 15) is 9.59 Å². The van der Waals surface area contributed by atoms with Gasteiger partial charge in [0.2, 0.25) is 0 Å². The summed E-state index contributed by atoms with van der Waals surface area (Å²) in [7, 11) is 1.47. The van der Waals surface area contributed by atoms with Crippen LogP contribution in [0.5, 0.6) is 0 Å². The number of ether oxygens (including phenoxy) is 1. The lowest BCUT2D eigenvalue weighted by Crippen LogP contribution is -2.50. The van der Waals surface area contributed by atoms with Crippen LogP contribution in [0.1, 0.15) is 19.8 Å². The van der Waals surface area contributed by atoms with E-state index in [0.717, 1.165) is 12.8 Å². The molecule has 1 amide bonds. The number of amides is 1. The fourth-order valence-electron chi connectivity index (χ4n) is 2.05. The van der Waals surface area contributed by atoms with E-state index in [-0.39, 0.29) is 11.3 Å². The summed E-state index contributed by atoms with van der Waals surface area (Å²) in [6.45, 7) is 1.66. The van der Waals surface area contributed by atoms with Gasteiger partial charge in [-0.1, -0.05) is 0 Å². The van der Waals surface area contributed by atoms with Gasteiger partial charge in [0.05, 0.1) is 5.37 Å². The summed E-state index contributed by atoms with van der Waals surface area (Å²) in [5, 5.41) is 9.19. The van der Waals surface area contributed by atoms with Crippen molar-refractivity contribution in [2.45, 2.75) is 37.3 Å². The van der Waals surface area contributed by atoms with Gasteiger partial charge in [-0.05, 0) is 25.7 Å². The second-order valence-electron chi connectivity index (χ2n) is 4.54. The van der Waals surface area contributed by atoms with Crippen molar-refractivity contribution in [2.75, 3.05) is 12.9 Å². The van der Waals surface area contributed by atoms with Crippen LogP contribution in [0.4, 0.5) is 0 Å². The zero-order valence-electron chi connectivity index (χ0n) is 9.96. The van der Waals surface area contributed by atoms with Crippen LogP contribution in [0.25, 0.3) is 0 Å². The molecule has 3 unspecified atom stereocenters. The predicted octanol–water partition coefficient (Wildman–Crippen LogP) is 0.786. The molecule has 5 nitrogen and oxygen atoms in total. The van der Waals surface area contributed by atoms with E-state index in [1.807, 2.05) is 0 Å². The fourth-order valence-corrected chi connectivity index (χ4v) is 3.69. The molecule has 1 heterocycles. The summed E-state index contributed by atoms with van der Waals surface area (Å²) in [6, 6.07) is -0.698. The Morgan fingerprint density at radius 1 is 1.47 bits per heavy atom. The van der Waals surface area contributed by atoms with Gasteiger partial charge in [0.25, 0.3) is 5.91 Å². The van der Waals surface area contributed by atoms with Gasteiger partial charge < -0.3 is 14.7 Å². The summed E-state index contributed by atoms with van der Waals surface area (Å²) in [5.41, 5.74) is 0. The van der Waals surface area contributed by atoms with Crippen molar-refractivity contribution in [3.8, 4) is 0 Å². The molecule has 1 N–H and O–H groups in total. The van der Waals surface area contributed by atoms with Gasteiger partial charge in [-0.2, -0.15) is 0 Å². The molecule has 0 aromatic carbocycles. The highest BCUT2D eigenvalue weighted by Crippen LogP contribution is 2.45. The van der Waals surface area contributed by atoms with Crippen molar-refractivity contribution in [3.63, 3.8) is 0 Å². The maximum absolute atomic E-state index is 12.2. The molecular formula is C11H17NO4S. The van der Waals surface area contributed by atoms with E-state index < -0.39 is 18.1 Å². The molecular weight excluding hydrogens is 242 g/mol. The summed E-state index contributed by atoms with van der Waals surface area (Å²) >= 11 is 1.58. The highest BCUT2D eigenvalue weighted by Gasteiger charge is 2.48. The molecule has 96 valence electrons. The third-order valence-corrected chi connectivity index (χ3v) is 4.76. The van der Waals surface area contributed by atoms with Crippen LogP contribution >= 0.6 is 11.8 Å². The number of hydrogen-bond donors (Lipinski definition) is 1. The van der Waals surface area contributed by atoms with Gasteiger partial charge >= 0.3 is 5.97 Å². The van der Waals surface area contributed by atoms with Crippen LogP contribution in [-0.4, -0.2) is 52.3 Å². The average molecular weight is 259 g/mol. The SMILES string of the molecule is COC(C)C(=O)N1C(C(=O)O)CSC1C1CC1. The highest BCUT2D eigenvalue weighted by molar-refractivity contribution is 8.00. The maximum atomic E-state index is 12.2. The third-order valence-electron chi connectivity index (χ3n) is 3.30. The van der Waals surface area contributed by atoms with Gasteiger partial charge in [-0.3, -0.25) is 4.79 Å². The second kappa shape index (κ2) is 4.86. The molecule has 1 aliphatic carbocycles. The molecule has 1 saturated heterocycles. The largest absolute Gasteiger partial charge is 0.480 e. The standard InChI is InChI=1S/C11H17NO4S/c1-6(16-2)9(13)12-8(11(14)15)5-17-10(12)7-3-4-7/h6-8,10H,3-5H2,1-2H3,(H,14,15). The number of thioether (sulfide) groups is 1. The minimum atomic E-state index is -0.919. The summed E-state index contributed by atoms with van der Waals surface area (Å²) in [5.74, 6) is -0.171. The predicted molar refractivity (Wildman–Crippen MR) is 63.7 cm³/mol. The van der Waals surface area contributed by atoms with E-state index in [0.29, 0.717) is 11.7 Å². The maximum Gasteiger partial charge on any atom is 0.327 e. The van der Waals surface area contributed by atoms with E-state index in [1.54, 1.807) is 18.7 Å². The minimum Gasteiger partial charge on any atom is -0.480 e. The number of aliphatic carboxylic acids is 1. The number of methoxy groups -OCH3 is 1. The molecule has 2 rings (SSSR count). The van der Waals surface area contributed by atoms with Crippen molar-refractivity contribution in [1.82, 2.24) is 4.90 Å². The van der Waals surface area contributed by atoms with Crippen molar-refractivity contribution in [1.29, 1.82) is 0 Å². The zero-order chi connectivity index (χ0) is 12.6. The molecule has 6 heteroatoms. The quantitative estimate of drug-likeness (QED) is 0.808. The summed E-state index contributed by atoms with van der Waals surface area (Å²) in [6.07, 6.45) is 1.61. The Morgan fingerprint density at radius 2 is 2.12 bits per heavy atom. The number of carbonyl (C=O) groups is 2. The molecule has 0 spiro atoms. The van der Waals surface area contributed by atoms with Crippen LogP contribution in [0.2, 0.25) is 0 Å². The monoisotopic (exact) mass is 259 g/mol. The number of rotatable bonds is 4. The van der Waals surface area contributed by atoms with Crippen LogP contribution < -0.4 is 0 Å². The first kappa shape index (κ1) is 12.7. The normalized spacial score (nSPS) is 30.4.